The monoisotopic (exact) mass is 326 g/mol. The Bertz CT molecular complexity index is 593. The molecular formula is C14H19ClN4O3. The summed E-state index contributed by atoms with van der Waals surface area (Å²) in [7, 11) is 0. The summed E-state index contributed by atoms with van der Waals surface area (Å²) in [5.74, 6) is 0.412. The van der Waals surface area contributed by atoms with E-state index in [0.717, 1.165) is 25.1 Å². The minimum absolute atomic E-state index is 0. The van der Waals surface area contributed by atoms with Crippen molar-refractivity contribution in [1.82, 2.24) is 10.2 Å². The summed E-state index contributed by atoms with van der Waals surface area (Å²) in [5, 5.41) is 14.2. The molecule has 2 aliphatic heterocycles. The second-order valence-electron chi connectivity index (χ2n) is 5.20. The summed E-state index contributed by atoms with van der Waals surface area (Å²) in [4.78, 5) is 12.9. The third-order valence-electron chi connectivity index (χ3n) is 3.89. The fourth-order valence-corrected chi connectivity index (χ4v) is 2.91. The first-order valence-electron chi connectivity index (χ1n) is 6.99. The van der Waals surface area contributed by atoms with Crippen molar-refractivity contribution in [2.75, 3.05) is 19.8 Å². The molecule has 0 aliphatic carbocycles. The Kier molecular flexibility index (Phi) is 5.10. The first kappa shape index (κ1) is 16.4. The smallest absolute Gasteiger partial charge is 0.311 e. The Morgan fingerprint density at radius 3 is 3.05 bits per heavy atom. The lowest BCUT2D eigenvalue weighted by atomic mass is 10.00. The Labute approximate surface area is 134 Å². The fraction of sp³-hybridized carbons (Fsp3) is 0.429. The van der Waals surface area contributed by atoms with Crippen LogP contribution in [0.1, 0.15) is 12.0 Å². The number of nitro benzene ring substituents is 1. The van der Waals surface area contributed by atoms with E-state index in [9.17, 15) is 10.1 Å². The van der Waals surface area contributed by atoms with Crippen molar-refractivity contribution >= 4 is 18.1 Å². The highest BCUT2D eigenvalue weighted by Gasteiger charge is 2.31. The molecule has 8 heteroatoms. The lowest BCUT2D eigenvalue weighted by Gasteiger charge is -2.34. The van der Waals surface area contributed by atoms with Gasteiger partial charge < -0.3 is 20.7 Å². The van der Waals surface area contributed by atoms with Crippen molar-refractivity contribution in [3.63, 3.8) is 0 Å². The second-order valence-corrected chi connectivity index (χ2v) is 5.20. The first-order chi connectivity index (χ1) is 10.2. The normalized spacial score (nSPS) is 19.4. The van der Waals surface area contributed by atoms with E-state index in [-0.39, 0.29) is 24.1 Å². The summed E-state index contributed by atoms with van der Waals surface area (Å²) in [6, 6.07) is 5.26. The number of rotatable bonds is 4. The maximum absolute atomic E-state index is 11.0. The van der Waals surface area contributed by atoms with Crippen molar-refractivity contribution in [2.45, 2.75) is 18.9 Å². The van der Waals surface area contributed by atoms with Gasteiger partial charge in [-0.15, -0.1) is 12.4 Å². The molecule has 2 aliphatic rings. The van der Waals surface area contributed by atoms with E-state index in [1.807, 2.05) is 12.3 Å². The molecule has 7 nitrogen and oxygen atoms in total. The third kappa shape index (κ3) is 2.95. The highest BCUT2D eigenvalue weighted by Crippen LogP contribution is 2.36. The number of hydrogen-bond donors (Lipinski definition) is 2. The van der Waals surface area contributed by atoms with Gasteiger partial charge in [-0.25, -0.2) is 0 Å². The van der Waals surface area contributed by atoms with Gasteiger partial charge in [0.25, 0.3) is 0 Å². The Balaban J connectivity index is 0.00000176. The van der Waals surface area contributed by atoms with Gasteiger partial charge in [-0.2, -0.15) is 0 Å². The molecule has 22 heavy (non-hydrogen) atoms. The number of nitrogens with zero attached hydrogens (tertiary/aromatic N) is 2. The molecule has 0 aromatic heterocycles. The van der Waals surface area contributed by atoms with Crippen LogP contribution in [0.3, 0.4) is 0 Å². The molecule has 1 atom stereocenters. The van der Waals surface area contributed by atoms with E-state index in [1.165, 1.54) is 11.8 Å². The average molecular weight is 327 g/mol. The number of fused-ring (bicyclic) bond motifs is 1. The first-order valence-corrected chi connectivity index (χ1v) is 6.99. The maximum Gasteiger partial charge on any atom is 0.311 e. The van der Waals surface area contributed by atoms with Gasteiger partial charge in [0, 0.05) is 36.4 Å². The molecule has 0 saturated carbocycles. The van der Waals surface area contributed by atoms with Crippen LogP contribution in [-0.2, 0) is 6.42 Å². The van der Waals surface area contributed by atoms with Crippen LogP contribution in [0.2, 0.25) is 0 Å². The van der Waals surface area contributed by atoms with Gasteiger partial charge in [-0.05, 0) is 6.54 Å². The van der Waals surface area contributed by atoms with Gasteiger partial charge in [-0.3, -0.25) is 10.1 Å². The molecule has 0 spiro atoms. The second kappa shape index (κ2) is 6.85. The molecule has 120 valence electrons. The van der Waals surface area contributed by atoms with Crippen molar-refractivity contribution in [1.29, 1.82) is 0 Å². The summed E-state index contributed by atoms with van der Waals surface area (Å²) in [6.45, 7) is 1.77. The van der Waals surface area contributed by atoms with Gasteiger partial charge in [0.2, 0.25) is 0 Å². The number of ether oxygens (including phenoxy) is 1. The third-order valence-corrected chi connectivity index (χ3v) is 3.89. The van der Waals surface area contributed by atoms with E-state index in [0.29, 0.717) is 18.9 Å². The largest absolute Gasteiger partial charge is 0.484 e. The molecule has 0 fully saturated rings. The van der Waals surface area contributed by atoms with Crippen molar-refractivity contribution in [2.24, 2.45) is 5.73 Å². The molecule has 1 aromatic carbocycles. The highest BCUT2D eigenvalue weighted by atomic mass is 35.5. The van der Waals surface area contributed by atoms with Gasteiger partial charge in [0.05, 0.1) is 17.6 Å². The molecule has 0 bridgehead atoms. The molecule has 3 N–H and O–H groups in total. The number of nitrogens with two attached hydrogens (primary N) is 1. The molecule has 0 saturated heterocycles. The fourth-order valence-electron chi connectivity index (χ4n) is 2.91. The van der Waals surface area contributed by atoms with Crippen molar-refractivity contribution < 1.29 is 9.66 Å². The van der Waals surface area contributed by atoms with E-state index >= 15 is 0 Å². The van der Waals surface area contributed by atoms with Gasteiger partial charge >= 0.3 is 5.69 Å². The minimum atomic E-state index is -0.393. The number of halogens is 1. The zero-order valence-corrected chi connectivity index (χ0v) is 12.8. The van der Waals surface area contributed by atoms with E-state index in [1.54, 1.807) is 6.07 Å². The minimum Gasteiger partial charge on any atom is -0.484 e. The zero-order valence-electron chi connectivity index (χ0n) is 12.0. The number of para-hydroxylation sites is 1. The van der Waals surface area contributed by atoms with E-state index in [2.05, 4.69) is 10.2 Å². The standard InChI is InChI=1S/C14H18N4O3.ClH/c15-5-4-11-7-16-9-17(11)12-6-10-2-1-3-13(18(19)20)14(10)21-8-12;/h1-3,7,12,16H,4-6,8-9,15H2;1H/t12-;/m1./s1. The summed E-state index contributed by atoms with van der Waals surface area (Å²) in [5.41, 5.74) is 7.73. The van der Waals surface area contributed by atoms with Crippen molar-refractivity contribution in [3.05, 3.63) is 45.8 Å². The van der Waals surface area contributed by atoms with E-state index < -0.39 is 4.92 Å². The number of nitrogens with one attached hydrogen (secondary N) is 1. The molecule has 0 unspecified atom stereocenters. The molecule has 2 heterocycles. The highest BCUT2D eigenvalue weighted by molar-refractivity contribution is 5.85. The molecule has 0 amide bonds. The van der Waals surface area contributed by atoms with Crippen LogP contribution in [0, 0.1) is 10.1 Å². The Morgan fingerprint density at radius 1 is 1.50 bits per heavy atom. The Hall–Kier alpha value is -1.99. The Morgan fingerprint density at radius 2 is 2.32 bits per heavy atom. The topological polar surface area (TPSA) is 93.7 Å². The summed E-state index contributed by atoms with van der Waals surface area (Å²) in [6.07, 6.45) is 3.53. The number of nitro groups is 1. The lowest BCUT2D eigenvalue weighted by molar-refractivity contribution is -0.386. The van der Waals surface area contributed by atoms with Gasteiger partial charge in [0.1, 0.15) is 6.61 Å². The van der Waals surface area contributed by atoms with Crippen LogP contribution in [0.25, 0.3) is 0 Å². The van der Waals surface area contributed by atoms with Gasteiger partial charge in [0.15, 0.2) is 5.75 Å². The van der Waals surface area contributed by atoms with Crippen LogP contribution >= 0.6 is 12.4 Å². The maximum atomic E-state index is 11.0. The van der Waals surface area contributed by atoms with Crippen LogP contribution < -0.4 is 15.8 Å². The average Bonchev–Trinajstić information content (AvgIpc) is 2.94. The predicted octanol–water partition coefficient (Wildman–Crippen LogP) is 1.37. The van der Waals surface area contributed by atoms with Crippen LogP contribution in [0.5, 0.6) is 5.75 Å². The molecule has 1 aromatic rings. The zero-order chi connectivity index (χ0) is 14.8. The van der Waals surface area contributed by atoms with Crippen molar-refractivity contribution in [3.8, 4) is 5.75 Å². The van der Waals surface area contributed by atoms with E-state index in [4.69, 9.17) is 10.5 Å². The SMILES string of the molecule is Cl.NCCC1=CNCN1[C@H]1COc2c(cccc2[N+](=O)[O-])C1. The van der Waals surface area contributed by atoms with Gasteiger partial charge in [-0.1, -0.05) is 12.1 Å². The molecule has 3 rings (SSSR count). The van der Waals surface area contributed by atoms with Crippen LogP contribution in [-0.4, -0.2) is 35.7 Å². The summed E-state index contributed by atoms with van der Waals surface area (Å²) >= 11 is 0. The molecule has 0 radical (unpaired) electrons. The molecular weight excluding hydrogens is 308 g/mol. The van der Waals surface area contributed by atoms with Crippen LogP contribution in [0.15, 0.2) is 30.1 Å². The number of benzene rings is 1. The van der Waals surface area contributed by atoms with Crippen LogP contribution in [0.4, 0.5) is 5.69 Å². The summed E-state index contributed by atoms with van der Waals surface area (Å²) < 4.78 is 5.70. The lowest BCUT2D eigenvalue weighted by Crippen LogP contribution is -2.43. The number of hydrogen-bond acceptors (Lipinski definition) is 6. The predicted molar refractivity (Wildman–Crippen MR) is 84.9 cm³/mol. The quantitative estimate of drug-likeness (QED) is 0.641.